The van der Waals surface area contributed by atoms with Crippen LogP contribution in [0.4, 0.5) is 0 Å². The van der Waals surface area contributed by atoms with Gasteiger partial charge in [-0.15, -0.1) is 12.4 Å². The second kappa shape index (κ2) is 7.28. The second-order valence-electron chi connectivity index (χ2n) is 4.49. The third-order valence-corrected chi connectivity index (χ3v) is 3.37. The normalized spacial score (nSPS) is 22.9. The first-order chi connectivity index (χ1) is 8.31. The maximum Gasteiger partial charge on any atom is 0.253 e. The van der Waals surface area contributed by atoms with Crippen LogP contribution in [-0.2, 0) is 0 Å². The summed E-state index contributed by atoms with van der Waals surface area (Å²) in [7, 11) is 0. The second-order valence-corrected chi connectivity index (χ2v) is 4.49. The van der Waals surface area contributed by atoms with Crippen LogP contribution in [0.2, 0.25) is 0 Å². The van der Waals surface area contributed by atoms with Crippen molar-refractivity contribution in [2.24, 2.45) is 11.7 Å². The summed E-state index contributed by atoms with van der Waals surface area (Å²) in [6.45, 7) is 0.638. The molecule has 0 spiro atoms. The molecular weight excluding hydrogens is 252 g/mol. The Morgan fingerprint density at radius 1 is 1.39 bits per heavy atom. The number of nitrogens with two attached hydrogens (primary N) is 1. The Morgan fingerprint density at radius 3 is 2.83 bits per heavy atom. The Labute approximate surface area is 113 Å². The monoisotopic (exact) mass is 270 g/mol. The molecule has 5 nitrogen and oxygen atoms in total. The molecule has 0 bridgehead atoms. The van der Waals surface area contributed by atoms with Crippen molar-refractivity contribution in [3.05, 3.63) is 24.0 Å². The van der Waals surface area contributed by atoms with Gasteiger partial charge in [0, 0.05) is 6.04 Å². The number of aromatic nitrogens is 2. The molecule has 3 N–H and O–H groups in total. The van der Waals surface area contributed by atoms with E-state index in [1.807, 2.05) is 0 Å². The average molecular weight is 271 g/mol. The van der Waals surface area contributed by atoms with Crippen LogP contribution in [0.25, 0.3) is 0 Å². The highest BCUT2D eigenvalue weighted by Gasteiger charge is 2.25. The highest BCUT2D eigenvalue weighted by molar-refractivity contribution is 5.93. The molecular formula is C12H19ClN4O. The van der Waals surface area contributed by atoms with Gasteiger partial charge < -0.3 is 11.1 Å². The minimum absolute atomic E-state index is 0. The van der Waals surface area contributed by atoms with Crippen LogP contribution in [0.15, 0.2) is 18.5 Å². The molecule has 0 saturated heterocycles. The quantitative estimate of drug-likeness (QED) is 0.863. The molecule has 100 valence electrons. The van der Waals surface area contributed by atoms with Crippen molar-refractivity contribution in [2.75, 3.05) is 6.54 Å². The molecule has 0 radical (unpaired) electrons. The Morgan fingerprint density at radius 2 is 2.17 bits per heavy atom. The number of carbonyl (C=O) groups is 1. The molecule has 2 unspecified atom stereocenters. The minimum Gasteiger partial charge on any atom is -0.349 e. The van der Waals surface area contributed by atoms with Gasteiger partial charge in [0.05, 0.1) is 18.0 Å². The van der Waals surface area contributed by atoms with Gasteiger partial charge in [0.1, 0.15) is 0 Å². The average Bonchev–Trinajstić information content (AvgIpc) is 2.40. The highest BCUT2D eigenvalue weighted by atomic mass is 35.5. The molecule has 1 aliphatic carbocycles. The Bertz CT molecular complexity index is 374. The molecule has 2 atom stereocenters. The van der Waals surface area contributed by atoms with Crippen molar-refractivity contribution in [1.82, 2.24) is 15.5 Å². The van der Waals surface area contributed by atoms with E-state index >= 15 is 0 Å². The summed E-state index contributed by atoms with van der Waals surface area (Å²) in [4.78, 5) is 12.0. The summed E-state index contributed by atoms with van der Waals surface area (Å²) in [6.07, 6.45) is 7.51. The third kappa shape index (κ3) is 3.65. The van der Waals surface area contributed by atoms with Gasteiger partial charge in [-0.25, -0.2) is 0 Å². The molecule has 1 amide bonds. The lowest BCUT2D eigenvalue weighted by atomic mass is 9.84. The smallest absolute Gasteiger partial charge is 0.253 e. The molecule has 0 aromatic carbocycles. The zero-order chi connectivity index (χ0) is 12.1. The van der Waals surface area contributed by atoms with Gasteiger partial charge in [-0.1, -0.05) is 12.8 Å². The maximum absolute atomic E-state index is 12.0. The van der Waals surface area contributed by atoms with Crippen LogP contribution in [0.1, 0.15) is 36.0 Å². The van der Waals surface area contributed by atoms with Gasteiger partial charge in [0.15, 0.2) is 0 Å². The summed E-state index contributed by atoms with van der Waals surface area (Å²) in [5, 5.41) is 10.4. The van der Waals surface area contributed by atoms with Gasteiger partial charge in [0.25, 0.3) is 5.91 Å². The lowest BCUT2D eigenvalue weighted by Crippen LogP contribution is -2.44. The lowest BCUT2D eigenvalue weighted by molar-refractivity contribution is 0.0907. The van der Waals surface area contributed by atoms with E-state index in [9.17, 15) is 4.79 Å². The van der Waals surface area contributed by atoms with Gasteiger partial charge in [-0.3, -0.25) is 4.79 Å². The van der Waals surface area contributed by atoms with Crippen molar-refractivity contribution < 1.29 is 4.79 Å². The fourth-order valence-corrected chi connectivity index (χ4v) is 2.36. The van der Waals surface area contributed by atoms with Gasteiger partial charge in [-0.2, -0.15) is 10.2 Å². The molecule has 6 heteroatoms. The Hall–Kier alpha value is -1.20. The number of nitrogens with zero attached hydrogens (tertiary/aromatic N) is 2. The molecule has 1 aromatic heterocycles. The topological polar surface area (TPSA) is 80.9 Å². The predicted molar refractivity (Wildman–Crippen MR) is 71.5 cm³/mol. The molecule has 0 aliphatic heterocycles. The number of hydrogen-bond donors (Lipinski definition) is 2. The first-order valence-electron chi connectivity index (χ1n) is 6.09. The lowest BCUT2D eigenvalue weighted by Gasteiger charge is -2.31. The molecule has 1 aliphatic rings. The molecule has 2 rings (SSSR count). The van der Waals surface area contributed by atoms with Crippen LogP contribution < -0.4 is 11.1 Å². The number of carbonyl (C=O) groups excluding carboxylic acids is 1. The number of nitrogens with one attached hydrogen (secondary N) is 1. The standard InChI is InChI=1S/C12H18N4O.ClH/c13-7-9-3-1-2-4-11(9)16-12(17)10-5-6-14-15-8-10;/h5-6,8-9,11H,1-4,7,13H2,(H,16,17);1H. The number of halogens is 1. The Balaban J connectivity index is 0.00000162. The summed E-state index contributed by atoms with van der Waals surface area (Å²) in [5.41, 5.74) is 6.29. The van der Waals surface area contributed by atoms with E-state index in [0.29, 0.717) is 18.0 Å². The van der Waals surface area contributed by atoms with Gasteiger partial charge in [-0.05, 0) is 31.4 Å². The zero-order valence-electron chi connectivity index (χ0n) is 10.2. The van der Waals surface area contributed by atoms with E-state index in [1.54, 1.807) is 6.07 Å². The van der Waals surface area contributed by atoms with Crippen LogP contribution in [0.3, 0.4) is 0 Å². The van der Waals surface area contributed by atoms with E-state index in [2.05, 4.69) is 15.5 Å². The summed E-state index contributed by atoms with van der Waals surface area (Å²) in [5.74, 6) is 0.327. The summed E-state index contributed by atoms with van der Waals surface area (Å²) in [6, 6.07) is 1.87. The van der Waals surface area contributed by atoms with Crippen LogP contribution in [-0.4, -0.2) is 28.7 Å². The molecule has 1 saturated carbocycles. The van der Waals surface area contributed by atoms with Crippen LogP contribution in [0, 0.1) is 5.92 Å². The number of hydrogen-bond acceptors (Lipinski definition) is 4. The Kier molecular flexibility index (Phi) is 6.01. The SMILES string of the molecule is Cl.NCC1CCCCC1NC(=O)c1ccnnc1. The van der Waals surface area contributed by atoms with Crippen molar-refractivity contribution in [3.8, 4) is 0 Å². The van der Waals surface area contributed by atoms with Crippen molar-refractivity contribution in [2.45, 2.75) is 31.7 Å². The van der Waals surface area contributed by atoms with Gasteiger partial charge >= 0.3 is 0 Å². The van der Waals surface area contributed by atoms with E-state index < -0.39 is 0 Å². The van der Waals surface area contributed by atoms with Crippen LogP contribution >= 0.6 is 12.4 Å². The third-order valence-electron chi connectivity index (χ3n) is 3.37. The first kappa shape index (κ1) is 14.9. The largest absolute Gasteiger partial charge is 0.349 e. The van der Waals surface area contributed by atoms with Crippen molar-refractivity contribution >= 4 is 18.3 Å². The van der Waals surface area contributed by atoms with E-state index in [1.165, 1.54) is 18.8 Å². The van der Waals surface area contributed by atoms with E-state index in [0.717, 1.165) is 19.3 Å². The molecule has 18 heavy (non-hydrogen) atoms. The molecule has 1 heterocycles. The maximum atomic E-state index is 12.0. The number of amides is 1. The highest BCUT2D eigenvalue weighted by Crippen LogP contribution is 2.23. The zero-order valence-corrected chi connectivity index (χ0v) is 11.0. The van der Waals surface area contributed by atoms with Crippen molar-refractivity contribution in [3.63, 3.8) is 0 Å². The first-order valence-corrected chi connectivity index (χ1v) is 6.09. The van der Waals surface area contributed by atoms with E-state index in [4.69, 9.17) is 5.73 Å². The van der Waals surface area contributed by atoms with Crippen LogP contribution in [0.5, 0.6) is 0 Å². The fraction of sp³-hybridized carbons (Fsp3) is 0.583. The van der Waals surface area contributed by atoms with Gasteiger partial charge in [0.2, 0.25) is 0 Å². The predicted octanol–water partition coefficient (Wildman–Crippen LogP) is 1.15. The molecule has 1 aromatic rings. The van der Waals surface area contributed by atoms with E-state index in [-0.39, 0.29) is 24.4 Å². The summed E-state index contributed by atoms with van der Waals surface area (Å²) >= 11 is 0. The minimum atomic E-state index is -0.0785. The number of rotatable bonds is 3. The fourth-order valence-electron chi connectivity index (χ4n) is 2.36. The van der Waals surface area contributed by atoms with Crippen molar-refractivity contribution in [1.29, 1.82) is 0 Å². The summed E-state index contributed by atoms with van der Waals surface area (Å²) < 4.78 is 0. The molecule has 1 fully saturated rings.